The van der Waals surface area contributed by atoms with Crippen molar-refractivity contribution in [3.8, 4) is 0 Å². The van der Waals surface area contributed by atoms with Crippen molar-refractivity contribution in [2.75, 3.05) is 41.5 Å². The van der Waals surface area contributed by atoms with Gasteiger partial charge in [-0.2, -0.15) is 0 Å². The van der Waals surface area contributed by atoms with E-state index in [4.69, 9.17) is 19.9 Å². The number of hydrogen-bond acceptors (Lipinski definition) is 5. The Morgan fingerprint density at radius 2 is 1.96 bits per heavy atom. The molecule has 0 heterocycles. The number of rotatable bonds is 9. The molecular weight excluding hydrogens is 332 g/mol. The largest absolute Gasteiger partial charge is 0.374 e. The summed E-state index contributed by atoms with van der Waals surface area (Å²) >= 11 is 0. The number of carbonyl (C=O) groups excluding carboxylic acids is 1. The van der Waals surface area contributed by atoms with Crippen LogP contribution in [0.25, 0.3) is 0 Å². The summed E-state index contributed by atoms with van der Waals surface area (Å²) in [5.41, 5.74) is 5.87. The highest BCUT2D eigenvalue weighted by Crippen LogP contribution is 2.40. The van der Waals surface area contributed by atoms with Gasteiger partial charge in [0.25, 0.3) is 0 Å². The van der Waals surface area contributed by atoms with Crippen molar-refractivity contribution in [3.05, 3.63) is 59.7 Å². The molecule has 142 valence electrons. The van der Waals surface area contributed by atoms with Crippen molar-refractivity contribution < 1.29 is 19.0 Å². The van der Waals surface area contributed by atoms with Crippen molar-refractivity contribution >= 4 is 5.91 Å². The first kappa shape index (κ1) is 20.3. The van der Waals surface area contributed by atoms with Gasteiger partial charge in [-0.15, -0.1) is 0 Å². The van der Waals surface area contributed by atoms with Crippen LogP contribution in [-0.4, -0.2) is 64.0 Å². The van der Waals surface area contributed by atoms with E-state index in [9.17, 15) is 4.79 Å². The highest BCUT2D eigenvalue weighted by molar-refractivity contribution is 5.95. The lowest BCUT2D eigenvalue weighted by Gasteiger charge is -2.43. The number of ether oxygens (including phenoxy) is 3. The van der Waals surface area contributed by atoms with Gasteiger partial charge in [0.1, 0.15) is 17.8 Å². The molecule has 0 spiro atoms. The summed E-state index contributed by atoms with van der Waals surface area (Å²) in [5.74, 6) is -0.502. The van der Waals surface area contributed by atoms with E-state index in [0.29, 0.717) is 12.2 Å². The molecule has 2 N–H and O–H groups in total. The molecule has 0 bridgehead atoms. The third-order valence-electron chi connectivity index (χ3n) is 4.53. The van der Waals surface area contributed by atoms with Gasteiger partial charge in [0.05, 0.1) is 6.61 Å². The molecular formula is C20H28N2O4. The summed E-state index contributed by atoms with van der Waals surface area (Å²) in [5, 5.41) is 0. The summed E-state index contributed by atoms with van der Waals surface area (Å²) in [6, 6.07) is 9.86. The molecule has 3 unspecified atom stereocenters. The van der Waals surface area contributed by atoms with E-state index >= 15 is 0 Å². The molecule has 6 heteroatoms. The van der Waals surface area contributed by atoms with Gasteiger partial charge < -0.3 is 24.8 Å². The van der Waals surface area contributed by atoms with Crippen molar-refractivity contribution in [1.29, 1.82) is 0 Å². The molecule has 0 saturated carbocycles. The Hall–Kier alpha value is -1.99. The van der Waals surface area contributed by atoms with Crippen LogP contribution in [0.15, 0.2) is 54.1 Å². The Morgan fingerprint density at radius 3 is 2.50 bits per heavy atom. The fourth-order valence-electron chi connectivity index (χ4n) is 3.08. The van der Waals surface area contributed by atoms with Crippen LogP contribution in [0.1, 0.15) is 11.7 Å². The molecule has 0 radical (unpaired) electrons. The van der Waals surface area contributed by atoms with Gasteiger partial charge in [-0.1, -0.05) is 36.4 Å². The number of benzene rings is 1. The van der Waals surface area contributed by atoms with Crippen molar-refractivity contribution in [3.63, 3.8) is 0 Å². The topological polar surface area (TPSA) is 74.0 Å². The number of hydrogen-bond donors (Lipinski definition) is 1. The molecule has 6 nitrogen and oxygen atoms in total. The van der Waals surface area contributed by atoms with Gasteiger partial charge >= 0.3 is 0 Å². The molecule has 1 aliphatic rings. The van der Waals surface area contributed by atoms with Crippen molar-refractivity contribution in [2.45, 2.75) is 17.8 Å². The lowest BCUT2D eigenvalue weighted by atomic mass is 9.81. The van der Waals surface area contributed by atoms with E-state index in [0.717, 1.165) is 12.1 Å². The van der Waals surface area contributed by atoms with Crippen LogP contribution in [0.5, 0.6) is 0 Å². The molecule has 26 heavy (non-hydrogen) atoms. The Labute approximate surface area is 155 Å². The third kappa shape index (κ3) is 4.40. The molecule has 0 saturated heterocycles. The summed E-state index contributed by atoms with van der Waals surface area (Å²) < 4.78 is 17.9. The normalized spacial score (nSPS) is 23.7. The Balaban J connectivity index is 2.42. The molecule has 1 aliphatic carbocycles. The second-order valence-electron chi connectivity index (χ2n) is 6.50. The van der Waals surface area contributed by atoms with Crippen LogP contribution in [0, 0.1) is 0 Å². The average molecular weight is 360 g/mol. The molecule has 3 atom stereocenters. The number of primary amides is 1. The van der Waals surface area contributed by atoms with E-state index in [1.165, 1.54) is 0 Å². The molecule has 1 aromatic rings. The second-order valence-corrected chi connectivity index (χ2v) is 6.50. The monoisotopic (exact) mass is 360 g/mol. The van der Waals surface area contributed by atoms with Crippen LogP contribution in [0.3, 0.4) is 0 Å². The van der Waals surface area contributed by atoms with Gasteiger partial charge in [-0.3, -0.25) is 4.79 Å². The number of nitrogens with zero attached hydrogens (tertiary/aromatic N) is 1. The van der Waals surface area contributed by atoms with E-state index in [2.05, 4.69) is 4.90 Å². The maximum Gasteiger partial charge on any atom is 0.248 e. The van der Waals surface area contributed by atoms with E-state index in [1.807, 2.05) is 50.5 Å². The first-order valence-corrected chi connectivity index (χ1v) is 8.54. The molecule has 0 aliphatic heterocycles. The predicted molar refractivity (Wildman–Crippen MR) is 101 cm³/mol. The fourth-order valence-corrected chi connectivity index (χ4v) is 3.08. The zero-order valence-corrected chi connectivity index (χ0v) is 15.8. The van der Waals surface area contributed by atoms with E-state index < -0.39 is 23.7 Å². The molecule has 0 aromatic heterocycles. The fraction of sp³-hybridized carbons (Fsp3) is 0.450. The number of carbonyl (C=O) groups is 1. The minimum Gasteiger partial charge on any atom is -0.374 e. The highest BCUT2D eigenvalue weighted by atomic mass is 16.6. The van der Waals surface area contributed by atoms with E-state index in [-0.39, 0.29) is 0 Å². The lowest BCUT2D eigenvalue weighted by Crippen LogP contribution is -2.50. The smallest absolute Gasteiger partial charge is 0.248 e. The number of amides is 1. The van der Waals surface area contributed by atoms with Gasteiger partial charge in [0.2, 0.25) is 5.91 Å². The Morgan fingerprint density at radius 1 is 1.27 bits per heavy atom. The number of methoxy groups -OCH3 is 2. The van der Waals surface area contributed by atoms with Crippen LogP contribution >= 0.6 is 0 Å². The van der Waals surface area contributed by atoms with E-state index in [1.54, 1.807) is 26.4 Å². The molecule has 1 amide bonds. The van der Waals surface area contributed by atoms with Crippen LogP contribution in [0.4, 0.5) is 0 Å². The quantitative estimate of drug-likeness (QED) is 0.725. The number of nitrogens with two attached hydrogens (primary N) is 1. The van der Waals surface area contributed by atoms with Gasteiger partial charge in [-0.25, -0.2) is 0 Å². The maximum absolute atomic E-state index is 11.6. The van der Waals surface area contributed by atoms with Crippen molar-refractivity contribution in [2.24, 2.45) is 5.73 Å². The lowest BCUT2D eigenvalue weighted by molar-refractivity contribution is -0.156. The summed E-state index contributed by atoms with van der Waals surface area (Å²) in [7, 11) is 7.18. The van der Waals surface area contributed by atoms with Gasteiger partial charge in [0.15, 0.2) is 0 Å². The van der Waals surface area contributed by atoms with Gasteiger partial charge in [-0.05, 0) is 31.8 Å². The maximum atomic E-state index is 11.6. The molecule has 1 aromatic carbocycles. The molecule has 0 fully saturated rings. The SMILES string of the molecule is COC1C=C(C(N)=O)C=CC1(OC)C(OCCN(C)C)c1ccccc1. The first-order valence-electron chi connectivity index (χ1n) is 8.54. The highest BCUT2D eigenvalue weighted by Gasteiger charge is 2.47. The van der Waals surface area contributed by atoms with Crippen LogP contribution < -0.4 is 5.73 Å². The predicted octanol–water partition coefficient (Wildman–Crippen LogP) is 1.69. The molecule has 2 rings (SSSR count). The van der Waals surface area contributed by atoms with Crippen LogP contribution in [-0.2, 0) is 19.0 Å². The third-order valence-corrected chi connectivity index (χ3v) is 4.53. The van der Waals surface area contributed by atoms with Crippen LogP contribution in [0.2, 0.25) is 0 Å². The van der Waals surface area contributed by atoms with Gasteiger partial charge in [0, 0.05) is 26.3 Å². The minimum absolute atomic E-state index is 0.393. The zero-order valence-electron chi connectivity index (χ0n) is 15.8. The summed E-state index contributed by atoms with van der Waals surface area (Å²) in [4.78, 5) is 13.6. The average Bonchev–Trinajstić information content (AvgIpc) is 2.65. The first-order chi connectivity index (χ1) is 12.4. The standard InChI is InChI=1S/C20H28N2O4/c1-22(2)12-13-26-18(15-8-6-5-7-9-15)20(25-4)11-10-16(19(21)23)14-17(20)24-3/h5-11,14,17-18H,12-13H2,1-4H3,(H2,21,23). The van der Waals surface area contributed by atoms with Crippen molar-refractivity contribution in [1.82, 2.24) is 4.90 Å². The summed E-state index contributed by atoms with van der Waals surface area (Å²) in [6.07, 6.45) is 4.24. The second kappa shape index (κ2) is 9.09. The Bertz CT molecular complexity index is 657. The Kier molecular flexibility index (Phi) is 7.11. The number of likely N-dealkylation sites (N-methyl/N-ethyl adjacent to an activating group) is 1. The minimum atomic E-state index is -0.915. The summed E-state index contributed by atoms with van der Waals surface area (Å²) in [6.45, 7) is 1.29. The zero-order chi connectivity index (χ0) is 19.2.